The standard InChI is InChI=1S/C14H15BrClNO3/c1-18-6-7-19-11-3-2-9(8-10(11)15)14(17)12-4-5-13(16)20-12/h2-5,8,14H,6-7,17H2,1H3. The van der Waals surface area contributed by atoms with E-state index in [9.17, 15) is 0 Å². The average Bonchev–Trinajstić information content (AvgIpc) is 2.86. The first-order valence-corrected chi connectivity index (χ1v) is 7.21. The SMILES string of the molecule is COCCOc1ccc(C(N)c2ccc(Cl)o2)cc1Br. The quantitative estimate of drug-likeness (QED) is 0.797. The molecular weight excluding hydrogens is 346 g/mol. The fraction of sp³-hybridized carbons (Fsp3) is 0.286. The predicted octanol–water partition coefficient (Wildman–Crippen LogP) is 3.77. The van der Waals surface area contributed by atoms with Crippen molar-refractivity contribution in [3.8, 4) is 5.75 Å². The monoisotopic (exact) mass is 359 g/mol. The molecule has 1 heterocycles. The summed E-state index contributed by atoms with van der Waals surface area (Å²) in [7, 11) is 1.63. The highest BCUT2D eigenvalue weighted by molar-refractivity contribution is 9.10. The van der Waals surface area contributed by atoms with Gasteiger partial charge in [0.2, 0.25) is 0 Å². The Bertz CT molecular complexity index is 573. The number of nitrogens with two attached hydrogens (primary N) is 1. The second-order valence-electron chi connectivity index (χ2n) is 4.15. The number of ether oxygens (including phenoxy) is 2. The third kappa shape index (κ3) is 3.76. The Morgan fingerprint density at radius 1 is 1.30 bits per heavy atom. The highest BCUT2D eigenvalue weighted by Crippen LogP contribution is 2.31. The molecule has 0 fully saturated rings. The molecule has 0 spiro atoms. The summed E-state index contributed by atoms with van der Waals surface area (Å²) in [5, 5.41) is 0.328. The molecular formula is C14H15BrClNO3. The van der Waals surface area contributed by atoms with Crippen LogP contribution in [0.2, 0.25) is 5.22 Å². The zero-order valence-corrected chi connectivity index (χ0v) is 13.3. The molecule has 1 atom stereocenters. The van der Waals surface area contributed by atoms with E-state index in [0.717, 1.165) is 15.8 Å². The smallest absolute Gasteiger partial charge is 0.193 e. The Morgan fingerprint density at radius 3 is 2.70 bits per heavy atom. The number of halogens is 2. The molecule has 1 aromatic heterocycles. The molecule has 6 heteroatoms. The van der Waals surface area contributed by atoms with E-state index in [1.165, 1.54) is 0 Å². The number of hydrogen-bond donors (Lipinski definition) is 1. The molecule has 0 bridgehead atoms. The number of benzene rings is 1. The van der Waals surface area contributed by atoms with Crippen molar-refractivity contribution in [2.45, 2.75) is 6.04 Å². The first-order valence-electron chi connectivity index (χ1n) is 6.04. The lowest BCUT2D eigenvalue weighted by Crippen LogP contribution is -2.11. The summed E-state index contributed by atoms with van der Waals surface area (Å²) in [5.41, 5.74) is 7.04. The van der Waals surface area contributed by atoms with Gasteiger partial charge in [-0.05, 0) is 57.4 Å². The minimum atomic E-state index is -0.369. The van der Waals surface area contributed by atoms with Crippen molar-refractivity contribution in [2.24, 2.45) is 5.73 Å². The molecule has 0 saturated heterocycles. The zero-order valence-electron chi connectivity index (χ0n) is 10.9. The van der Waals surface area contributed by atoms with E-state index >= 15 is 0 Å². The number of rotatable bonds is 6. The largest absolute Gasteiger partial charge is 0.490 e. The molecule has 4 nitrogen and oxygen atoms in total. The van der Waals surface area contributed by atoms with Crippen LogP contribution in [0.4, 0.5) is 0 Å². The minimum Gasteiger partial charge on any atom is -0.490 e. The zero-order chi connectivity index (χ0) is 14.5. The van der Waals surface area contributed by atoms with Gasteiger partial charge in [-0.1, -0.05) is 6.07 Å². The van der Waals surface area contributed by atoms with Crippen LogP contribution in [0.25, 0.3) is 0 Å². The van der Waals surface area contributed by atoms with E-state index in [4.69, 9.17) is 31.2 Å². The van der Waals surface area contributed by atoms with E-state index in [0.29, 0.717) is 24.2 Å². The number of hydrogen-bond acceptors (Lipinski definition) is 4. The van der Waals surface area contributed by atoms with Gasteiger partial charge in [-0.3, -0.25) is 0 Å². The van der Waals surface area contributed by atoms with E-state index in [2.05, 4.69) is 15.9 Å². The van der Waals surface area contributed by atoms with Crippen molar-refractivity contribution >= 4 is 27.5 Å². The molecule has 0 saturated carbocycles. The van der Waals surface area contributed by atoms with E-state index in [1.54, 1.807) is 19.2 Å². The highest BCUT2D eigenvalue weighted by atomic mass is 79.9. The van der Waals surface area contributed by atoms with Gasteiger partial charge in [-0.15, -0.1) is 0 Å². The first-order chi connectivity index (χ1) is 9.61. The van der Waals surface area contributed by atoms with Crippen LogP contribution in [0.1, 0.15) is 17.4 Å². The Balaban J connectivity index is 2.12. The molecule has 2 aromatic rings. The van der Waals surface area contributed by atoms with Crippen LogP contribution in [0.5, 0.6) is 5.75 Å². The maximum Gasteiger partial charge on any atom is 0.193 e. The topological polar surface area (TPSA) is 57.6 Å². The molecule has 0 aliphatic heterocycles. The minimum absolute atomic E-state index is 0.328. The molecule has 20 heavy (non-hydrogen) atoms. The molecule has 0 aliphatic carbocycles. The number of furan rings is 1. The Labute approximate surface area is 130 Å². The van der Waals surface area contributed by atoms with E-state index in [-0.39, 0.29) is 6.04 Å². The first kappa shape index (κ1) is 15.4. The van der Waals surface area contributed by atoms with Crippen LogP contribution in [-0.4, -0.2) is 20.3 Å². The molecule has 1 aromatic carbocycles. The van der Waals surface area contributed by atoms with Gasteiger partial charge in [0.05, 0.1) is 17.1 Å². The summed E-state index contributed by atoms with van der Waals surface area (Å²) in [6, 6.07) is 8.74. The second kappa shape index (κ2) is 7.13. The summed E-state index contributed by atoms with van der Waals surface area (Å²) in [6.07, 6.45) is 0. The predicted molar refractivity (Wildman–Crippen MR) is 81.3 cm³/mol. The van der Waals surface area contributed by atoms with Gasteiger partial charge < -0.3 is 19.6 Å². The third-order valence-corrected chi connectivity index (χ3v) is 3.58. The van der Waals surface area contributed by atoms with Crippen molar-refractivity contribution in [2.75, 3.05) is 20.3 Å². The molecule has 2 N–H and O–H groups in total. The molecule has 2 rings (SSSR count). The van der Waals surface area contributed by atoms with Crippen LogP contribution in [0.15, 0.2) is 39.2 Å². The molecule has 0 radical (unpaired) electrons. The lowest BCUT2D eigenvalue weighted by atomic mass is 10.1. The third-order valence-electron chi connectivity index (χ3n) is 2.76. The number of methoxy groups -OCH3 is 1. The summed E-state index contributed by atoms with van der Waals surface area (Å²) in [6.45, 7) is 1.03. The van der Waals surface area contributed by atoms with Crippen molar-refractivity contribution in [1.29, 1.82) is 0 Å². The van der Waals surface area contributed by atoms with Gasteiger partial charge >= 0.3 is 0 Å². The van der Waals surface area contributed by atoms with Crippen LogP contribution in [-0.2, 0) is 4.74 Å². The molecule has 108 valence electrons. The fourth-order valence-electron chi connectivity index (χ4n) is 1.72. The maximum absolute atomic E-state index is 6.14. The van der Waals surface area contributed by atoms with Crippen molar-refractivity contribution < 1.29 is 13.9 Å². The van der Waals surface area contributed by atoms with Gasteiger partial charge in [-0.2, -0.15) is 0 Å². The van der Waals surface area contributed by atoms with E-state index in [1.807, 2.05) is 18.2 Å². The lowest BCUT2D eigenvalue weighted by molar-refractivity contribution is 0.146. The van der Waals surface area contributed by atoms with Crippen LogP contribution < -0.4 is 10.5 Å². The summed E-state index contributed by atoms with van der Waals surface area (Å²) in [4.78, 5) is 0. The molecule has 1 unspecified atom stereocenters. The van der Waals surface area contributed by atoms with Gasteiger partial charge in [0.1, 0.15) is 18.1 Å². The summed E-state index contributed by atoms with van der Waals surface area (Å²) in [5.74, 6) is 1.37. The summed E-state index contributed by atoms with van der Waals surface area (Å²) >= 11 is 9.22. The normalized spacial score (nSPS) is 12.4. The van der Waals surface area contributed by atoms with Crippen LogP contribution in [0, 0.1) is 0 Å². The molecule has 0 amide bonds. The van der Waals surface area contributed by atoms with Crippen molar-refractivity contribution in [1.82, 2.24) is 0 Å². The van der Waals surface area contributed by atoms with Crippen LogP contribution in [0.3, 0.4) is 0 Å². The highest BCUT2D eigenvalue weighted by Gasteiger charge is 2.14. The maximum atomic E-state index is 6.14. The second-order valence-corrected chi connectivity index (χ2v) is 5.38. The van der Waals surface area contributed by atoms with Gasteiger partial charge in [0, 0.05) is 7.11 Å². The van der Waals surface area contributed by atoms with Crippen molar-refractivity contribution in [3.63, 3.8) is 0 Å². The van der Waals surface area contributed by atoms with Gasteiger partial charge in [0.25, 0.3) is 0 Å². The molecule has 0 aliphatic rings. The van der Waals surface area contributed by atoms with Gasteiger partial charge in [-0.25, -0.2) is 0 Å². The van der Waals surface area contributed by atoms with Gasteiger partial charge in [0.15, 0.2) is 5.22 Å². The van der Waals surface area contributed by atoms with Crippen LogP contribution >= 0.6 is 27.5 Å². The fourth-order valence-corrected chi connectivity index (χ4v) is 2.39. The Hall–Kier alpha value is -1.01. The lowest BCUT2D eigenvalue weighted by Gasteiger charge is -2.12. The summed E-state index contributed by atoms with van der Waals surface area (Å²) < 4.78 is 16.7. The van der Waals surface area contributed by atoms with E-state index < -0.39 is 0 Å². The Kier molecular flexibility index (Phi) is 5.48. The van der Waals surface area contributed by atoms with Crippen molar-refractivity contribution in [3.05, 3.63) is 51.3 Å². The average molecular weight is 361 g/mol. The Morgan fingerprint density at radius 2 is 2.10 bits per heavy atom.